The third-order valence-electron chi connectivity index (χ3n) is 3.40. The van der Waals surface area contributed by atoms with Crippen molar-refractivity contribution >= 4 is 11.5 Å². The summed E-state index contributed by atoms with van der Waals surface area (Å²) in [6.07, 6.45) is 3.60. The summed E-state index contributed by atoms with van der Waals surface area (Å²) in [7, 11) is 0. The number of hydrogen-bond donors (Lipinski definition) is 1. The minimum absolute atomic E-state index is 0.338. The molecule has 1 N–H and O–H groups in total. The largest absolute Gasteiger partial charge is 0.487 e. The minimum atomic E-state index is -0.909. The monoisotopic (exact) mass is 281 g/mol. The van der Waals surface area contributed by atoms with E-state index >= 15 is 0 Å². The summed E-state index contributed by atoms with van der Waals surface area (Å²) < 4.78 is 7.53. The SMILES string of the molecule is Cc1cn2cc(OCc3ccccc3)ccc2c1C(=O)O. The average Bonchev–Trinajstić information content (AvgIpc) is 2.81. The zero-order valence-electron chi connectivity index (χ0n) is 11.6. The van der Waals surface area contributed by atoms with Gasteiger partial charge in [0.1, 0.15) is 12.4 Å². The Kier molecular flexibility index (Phi) is 3.36. The maximum Gasteiger partial charge on any atom is 0.338 e. The van der Waals surface area contributed by atoms with Crippen molar-refractivity contribution in [3.8, 4) is 5.75 Å². The quantitative estimate of drug-likeness (QED) is 0.796. The van der Waals surface area contributed by atoms with Crippen LogP contribution in [-0.4, -0.2) is 15.5 Å². The highest BCUT2D eigenvalue weighted by Crippen LogP contribution is 2.22. The van der Waals surface area contributed by atoms with Crippen LogP contribution >= 0.6 is 0 Å². The van der Waals surface area contributed by atoms with Crippen molar-refractivity contribution in [2.75, 3.05) is 0 Å². The first-order valence-electron chi connectivity index (χ1n) is 6.66. The topological polar surface area (TPSA) is 50.9 Å². The number of benzene rings is 1. The summed E-state index contributed by atoms with van der Waals surface area (Å²) in [6, 6.07) is 13.5. The van der Waals surface area contributed by atoms with Crippen molar-refractivity contribution in [3.05, 3.63) is 71.5 Å². The first kappa shape index (κ1) is 13.2. The Hall–Kier alpha value is -2.75. The number of carboxylic acid groups (broad SMARTS) is 1. The van der Waals surface area contributed by atoms with Gasteiger partial charge in [-0.2, -0.15) is 0 Å². The molecule has 3 rings (SSSR count). The van der Waals surface area contributed by atoms with Crippen LogP contribution in [0.4, 0.5) is 0 Å². The van der Waals surface area contributed by atoms with Gasteiger partial charge in [0.25, 0.3) is 0 Å². The van der Waals surface area contributed by atoms with Crippen molar-refractivity contribution in [1.29, 1.82) is 0 Å². The number of fused-ring (bicyclic) bond motifs is 1. The second kappa shape index (κ2) is 5.32. The molecule has 3 aromatic rings. The van der Waals surface area contributed by atoms with Crippen LogP contribution in [0.1, 0.15) is 21.5 Å². The van der Waals surface area contributed by atoms with Gasteiger partial charge in [0.2, 0.25) is 0 Å². The maximum absolute atomic E-state index is 11.2. The number of aromatic nitrogens is 1. The fourth-order valence-corrected chi connectivity index (χ4v) is 2.40. The number of hydrogen-bond acceptors (Lipinski definition) is 2. The molecule has 0 amide bonds. The van der Waals surface area contributed by atoms with E-state index in [2.05, 4.69) is 0 Å². The fourth-order valence-electron chi connectivity index (χ4n) is 2.40. The van der Waals surface area contributed by atoms with Crippen LogP contribution in [0.2, 0.25) is 0 Å². The highest BCUT2D eigenvalue weighted by atomic mass is 16.5. The summed E-state index contributed by atoms with van der Waals surface area (Å²) in [5.41, 5.74) is 2.84. The molecule has 0 saturated carbocycles. The second-order valence-corrected chi connectivity index (χ2v) is 4.92. The number of carbonyl (C=O) groups is 1. The molecule has 0 aliphatic rings. The highest BCUT2D eigenvalue weighted by molar-refractivity contribution is 5.97. The Morgan fingerprint density at radius 1 is 1.14 bits per heavy atom. The number of aryl methyl sites for hydroxylation is 1. The molecule has 2 heterocycles. The first-order chi connectivity index (χ1) is 10.1. The van der Waals surface area contributed by atoms with Gasteiger partial charge in [0, 0.05) is 6.20 Å². The van der Waals surface area contributed by atoms with Gasteiger partial charge < -0.3 is 14.2 Å². The molecule has 0 bridgehead atoms. The van der Waals surface area contributed by atoms with Crippen LogP contribution in [-0.2, 0) is 6.61 Å². The van der Waals surface area contributed by atoms with E-state index in [0.29, 0.717) is 23.4 Å². The molecule has 0 radical (unpaired) electrons. The van der Waals surface area contributed by atoms with Crippen LogP contribution in [0.5, 0.6) is 5.75 Å². The summed E-state index contributed by atoms with van der Waals surface area (Å²) in [4.78, 5) is 11.2. The normalized spacial score (nSPS) is 10.7. The maximum atomic E-state index is 11.2. The number of nitrogens with zero attached hydrogens (tertiary/aromatic N) is 1. The molecular formula is C17H15NO3. The molecule has 4 nitrogen and oxygen atoms in total. The van der Waals surface area contributed by atoms with Crippen LogP contribution in [0.15, 0.2) is 54.9 Å². The molecule has 106 valence electrons. The van der Waals surface area contributed by atoms with E-state index in [4.69, 9.17) is 4.74 Å². The Morgan fingerprint density at radius 3 is 2.62 bits per heavy atom. The molecule has 1 aromatic carbocycles. The van der Waals surface area contributed by atoms with Gasteiger partial charge in [0.15, 0.2) is 0 Å². The minimum Gasteiger partial charge on any atom is -0.487 e. The predicted molar refractivity (Wildman–Crippen MR) is 79.9 cm³/mol. The molecule has 2 aromatic heterocycles. The van der Waals surface area contributed by atoms with E-state index < -0.39 is 5.97 Å². The molecule has 0 unspecified atom stereocenters. The van der Waals surface area contributed by atoms with E-state index in [1.807, 2.05) is 30.3 Å². The number of rotatable bonds is 4. The molecule has 0 aliphatic carbocycles. The van der Waals surface area contributed by atoms with Crippen molar-refractivity contribution in [2.24, 2.45) is 0 Å². The summed E-state index contributed by atoms with van der Waals surface area (Å²) in [5.74, 6) is -0.203. The number of pyridine rings is 1. The number of ether oxygens (including phenoxy) is 1. The molecule has 0 aliphatic heterocycles. The van der Waals surface area contributed by atoms with Crippen molar-refractivity contribution < 1.29 is 14.6 Å². The Morgan fingerprint density at radius 2 is 1.90 bits per heavy atom. The molecule has 0 saturated heterocycles. The van der Waals surface area contributed by atoms with Gasteiger partial charge in [-0.25, -0.2) is 4.79 Å². The van der Waals surface area contributed by atoms with E-state index in [0.717, 1.165) is 11.1 Å². The molecule has 0 atom stereocenters. The number of aromatic carboxylic acids is 1. The van der Waals surface area contributed by atoms with Gasteiger partial charge in [0.05, 0.1) is 17.3 Å². The summed E-state index contributed by atoms with van der Waals surface area (Å²) in [5, 5.41) is 9.23. The highest BCUT2D eigenvalue weighted by Gasteiger charge is 2.14. The standard InChI is InChI=1S/C17H15NO3/c1-12-9-18-10-14(7-8-15(18)16(12)17(19)20)21-11-13-5-3-2-4-6-13/h2-10H,11H2,1H3,(H,19,20). The summed E-state index contributed by atoms with van der Waals surface area (Å²) >= 11 is 0. The van der Waals surface area contributed by atoms with Gasteiger partial charge in [-0.05, 0) is 30.2 Å². The predicted octanol–water partition coefficient (Wildman–Crippen LogP) is 3.52. The van der Waals surface area contributed by atoms with Gasteiger partial charge >= 0.3 is 5.97 Å². The van der Waals surface area contributed by atoms with Gasteiger partial charge in [-0.15, -0.1) is 0 Å². The van der Waals surface area contributed by atoms with Gasteiger partial charge in [-0.1, -0.05) is 30.3 Å². The smallest absolute Gasteiger partial charge is 0.338 e. The average molecular weight is 281 g/mol. The van der Waals surface area contributed by atoms with Crippen LogP contribution in [0.25, 0.3) is 5.52 Å². The van der Waals surface area contributed by atoms with Crippen LogP contribution in [0, 0.1) is 6.92 Å². The second-order valence-electron chi connectivity index (χ2n) is 4.92. The zero-order valence-corrected chi connectivity index (χ0v) is 11.6. The third kappa shape index (κ3) is 2.60. The zero-order chi connectivity index (χ0) is 14.8. The lowest BCUT2D eigenvalue weighted by Crippen LogP contribution is -1.98. The molecule has 21 heavy (non-hydrogen) atoms. The molecular weight excluding hydrogens is 266 g/mol. The Labute approximate surface area is 122 Å². The van der Waals surface area contributed by atoms with E-state index in [1.54, 1.807) is 35.9 Å². The fraction of sp³-hybridized carbons (Fsp3) is 0.118. The lowest BCUT2D eigenvalue weighted by molar-refractivity contribution is 0.0698. The van der Waals surface area contributed by atoms with E-state index in [1.165, 1.54) is 0 Å². The molecule has 0 fully saturated rings. The Balaban J connectivity index is 1.86. The number of carboxylic acids is 1. The van der Waals surface area contributed by atoms with Crippen molar-refractivity contribution in [1.82, 2.24) is 4.40 Å². The summed E-state index contributed by atoms with van der Waals surface area (Å²) in [6.45, 7) is 2.28. The van der Waals surface area contributed by atoms with E-state index in [-0.39, 0.29) is 0 Å². The van der Waals surface area contributed by atoms with Crippen LogP contribution in [0.3, 0.4) is 0 Å². The van der Waals surface area contributed by atoms with Crippen LogP contribution < -0.4 is 4.74 Å². The van der Waals surface area contributed by atoms with Crippen molar-refractivity contribution in [2.45, 2.75) is 13.5 Å². The van der Waals surface area contributed by atoms with Crippen molar-refractivity contribution in [3.63, 3.8) is 0 Å². The molecule has 0 spiro atoms. The lowest BCUT2D eigenvalue weighted by Gasteiger charge is -2.07. The third-order valence-corrected chi connectivity index (χ3v) is 3.40. The lowest BCUT2D eigenvalue weighted by atomic mass is 10.2. The molecule has 4 heteroatoms. The Bertz CT molecular complexity index is 790. The first-order valence-corrected chi connectivity index (χ1v) is 6.66. The van der Waals surface area contributed by atoms with E-state index in [9.17, 15) is 9.90 Å². The van der Waals surface area contributed by atoms with Gasteiger partial charge in [-0.3, -0.25) is 0 Å².